The first-order valence-corrected chi connectivity index (χ1v) is 4.66. The third kappa shape index (κ3) is 2.98. The largest absolute Gasteiger partial charge is 0.467 e. The molecule has 0 spiro atoms. The minimum atomic E-state index is -0.848. The first-order valence-electron chi connectivity index (χ1n) is 4.66. The molecule has 16 heavy (non-hydrogen) atoms. The topological polar surface area (TPSA) is 64.6 Å². The summed E-state index contributed by atoms with van der Waals surface area (Å²) in [5, 5.41) is 2.40. The molecule has 5 nitrogen and oxygen atoms in total. The molecule has 86 valence electrons. The fourth-order valence-electron chi connectivity index (χ4n) is 1.22. The third-order valence-corrected chi connectivity index (χ3v) is 2.02. The van der Waals surface area contributed by atoms with Crippen molar-refractivity contribution in [1.29, 1.82) is 0 Å². The second-order valence-corrected chi connectivity index (χ2v) is 3.00. The second kappa shape index (κ2) is 5.75. The van der Waals surface area contributed by atoms with E-state index in [9.17, 15) is 9.59 Å². The molecule has 0 aliphatic rings. The lowest BCUT2D eigenvalue weighted by Crippen LogP contribution is -2.34. The Kier molecular flexibility index (Phi) is 4.32. The van der Waals surface area contributed by atoms with Gasteiger partial charge in [0.25, 0.3) is 0 Å². The summed E-state index contributed by atoms with van der Waals surface area (Å²) in [5.74, 6) is -0.545. The number of ether oxygens (including phenoxy) is 2. The Morgan fingerprint density at radius 2 is 1.75 bits per heavy atom. The number of carbonyl (C=O) groups excluding carboxylic acids is 2. The zero-order chi connectivity index (χ0) is 12.0. The molecule has 0 aromatic heterocycles. The number of carbonyl (C=O) groups is 2. The fraction of sp³-hybridized carbons (Fsp3) is 0.273. The number of benzene rings is 1. The molecule has 1 rings (SSSR count). The number of hydrogen-bond acceptors (Lipinski definition) is 4. The van der Waals surface area contributed by atoms with Gasteiger partial charge in [-0.3, -0.25) is 0 Å². The van der Waals surface area contributed by atoms with Crippen LogP contribution in [0.15, 0.2) is 30.3 Å². The van der Waals surface area contributed by atoms with E-state index in [-0.39, 0.29) is 0 Å². The van der Waals surface area contributed by atoms with Crippen LogP contribution < -0.4 is 5.32 Å². The van der Waals surface area contributed by atoms with Gasteiger partial charge in [-0.15, -0.1) is 0 Å². The average molecular weight is 223 g/mol. The molecular weight excluding hydrogens is 210 g/mol. The summed E-state index contributed by atoms with van der Waals surface area (Å²) in [4.78, 5) is 22.5. The number of methoxy groups -OCH3 is 2. The molecule has 1 atom stereocenters. The quantitative estimate of drug-likeness (QED) is 0.783. The monoisotopic (exact) mass is 223 g/mol. The zero-order valence-corrected chi connectivity index (χ0v) is 9.10. The lowest BCUT2D eigenvalue weighted by atomic mass is 10.1. The van der Waals surface area contributed by atoms with E-state index >= 15 is 0 Å². The van der Waals surface area contributed by atoms with Gasteiger partial charge >= 0.3 is 12.1 Å². The van der Waals surface area contributed by atoms with Crippen LogP contribution in [0.1, 0.15) is 11.6 Å². The van der Waals surface area contributed by atoms with Crippen LogP contribution in [-0.4, -0.2) is 26.3 Å². The molecule has 1 aromatic rings. The van der Waals surface area contributed by atoms with Crippen molar-refractivity contribution < 1.29 is 19.1 Å². The SMILES string of the molecule is COC(=O)N[C@@H](C(=O)OC)c1ccccc1. The zero-order valence-electron chi connectivity index (χ0n) is 9.10. The van der Waals surface area contributed by atoms with Crippen molar-refractivity contribution in [2.45, 2.75) is 6.04 Å². The van der Waals surface area contributed by atoms with Gasteiger partial charge in [0.05, 0.1) is 14.2 Å². The molecule has 0 aliphatic heterocycles. The summed E-state index contributed by atoms with van der Waals surface area (Å²) in [6, 6.07) is 7.94. The normalized spacial score (nSPS) is 11.4. The van der Waals surface area contributed by atoms with Gasteiger partial charge in [0.1, 0.15) is 0 Å². The molecule has 0 bridgehead atoms. The molecule has 1 aromatic carbocycles. The van der Waals surface area contributed by atoms with E-state index in [1.165, 1.54) is 14.2 Å². The van der Waals surface area contributed by atoms with Crippen molar-refractivity contribution in [2.24, 2.45) is 0 Å². The summed E-state index contributed by atoms with van der Waals surface area (Å²) < 4.78 is 9.04. The molecule has 5 heteroatoms. The molecule has 0 radical (unpaired) electrons. The first-order chi connectivity index (χ1) is 7.69. The summed E-state index contributed by atoms with van der Waals surface area (Å²) >= 11 is 0. The van der Waals surface area contributed by atoms with Crippen molar-refractivity contribution in [3.63, 3.8) is 0 Å². The Hall–Kier alpha value is -2.04. The van der Waals surface area contributed by atoms with Gasteiger partial charge in [-0.05, 0) is 5.56 Å². The summed E-state index contributed by atoms with van der Waals surface area (Å²) in [7, 11) is 2.49. The Labute approximate surface area is 93.4 Å². The predicted octanol–water partition coefficient (Wildman–Crippen LogP) is 1.26. The van der Waals surface area contributed by atoms with Crippen molar-refractivity contribution in [1.82, 2.24) is 5.32 Å². The lowest BCUT2D eigenvalue weighted by Gasteiger charge is -2.15. The minimum absolute atomic E-state index is 0.545. The number of rotatable bonds is 3. The van der Waals surface area contributed by atoms with Crippen LogP contribution in [-0.2, 0) is 14.3 Å². The van der Waals surface area contributed by atoms with Gasteiger partial charge in [0, 0.05) is 0 Å². The molecule has 0 unspecified atom stereocenters. The molecular formula is C11H13NO4. The van der Waals surface area contributed by atoms with Crippen LogP contribution >= 0.6 is 0 Å². The Morgan fingerprint density at radius 3 is 2.25 bits per heavy atom. The number of alkyl carbamates (subject to hydrolysis) is 1. The van der Waals surface area contributed by atoms with Gasteiger partial charge in [-0.2, -0.15) is 0 Å². The van der Waals surface area contributed by atoms with Crippen LogP contribution in [0.4, 0.5) is 4.79 Å². The second-order valence-electron chi connectivity index (χ2n) is 3.00. The van der Waals surface area contributed by atoms with Crippen LogP contribution in [0.2, 0.25) is 0 Å². The maximum absolute atomic E-state index is 11.5. The van der Waals surface area contributed by atoms with E-state index in [1.54, 1.807) is 24.3 Å². The van der Waals surface area contributed by atoms with Gasteiger partial charge in [-0.25, -0.2) is 9.59 Å². The summed E-state index contributed by atoms with van der Waals surface area (Å²) in [6.07, 6.45) is -0.681. The average Bonchev–Trinajstić information content (AvgIpc) is 2.35. The van der Waals surface area contributed by atoms with Gasteiger partial charge in [0.15, 0.2) is 6.04 Å². The lowest BCUT2D eigenvalue weighted by molar-refractivity contribution is -0.143. The highest BCUT2D eigenvalue weighted by atomic mass is 16.5. The number of esters is 1. The molecule has 0 aliphatic carbocycles. The predicted molar refractivity (Wildman–Crippen MR) is 56.7 cm³/mol. The molecule has 0 fully saturated rings. The van der Waals surface area contributed by atoms with Crippen LogP contribution in [0, 0.1) is 0 Å². The van der Waals surface area contributed by atoms with Gasteiger partial charge in [-0.1, -0.05) is 30.3 Å². The molecule has 0 heterocycles. The van der Waals surface area contributed by atoms with Crippen LogP contribution in [0.5, 0.6) is 0 Å². The summed E-state index contributed by atoms with van der Waals surface area (Å²) in [5.41, 5.74) is 0.639. The van der Waals surface area contributed by atoms with Gasteiger partial charge in [0.2, 0.25) is 0 Å². The van der Waals surface area contributed by atoms with E-state index in [0.717, 1.165) is 0 Å². The smallest absolute Gasteiger partial charge is 0.407 e. The minimum Gasteiger partial charge on any atom is -0.467 e. The van der Waals surface area contributed by atoms with Crippen LogP contribution in [0.3, 0.4) is 0 Å². The van der Waals surface area contributed by atoms with E-state index < -0.39 is 18.1 Å². The highest BCUT2D eigenvalue weighted by molar-refractivity contribution is 5.82. The van der Waals surface area contributed by atoms with Crippen molar-refractivity contribution >= 4 is 12.1 Å². The maximum Gasteiger partial charge on any atom is 0.407 e. The summed E-state index contributed by atoms with van der Waals surface area (Å²) in [6.45, 7) is 0. The van der Waals surface area contributed by atoms with Gasteiger partial charge < -0.3 is 14.8 Å². The van der Waals surface area contributed by atoms with E-state index in [2.05, 4.69) is 14.8 Å². The number of hydrogen-bond donors (Lipinski definition) is 1. The first kappa shape index (κ1) is 12.0. The van der Waals surface area contributed by atoms with Crippen molar-refractivity contribution in [3.8, 4) is 0 Å². The maximum atomic E-state index is 11.5. The number of nitrogens with one attached hydrogen (secondary N) is 1. The van der Waals surface area contributed by atoms with E-state index in [1.807, 2.05) is 6.07 Å². The molecule has 1 N–H and O–H groups in total. The van der Waals surface area contributed by atoms with Crippen molar-refractivity contribution in [3.05, 3.63) is 35.9 Å². The third-order valence-electron chi connectivity index (χ3n) is 2.02. The van der Waals surface area contributed by atoms with E-state index in [4.69, 9.17) is 0 Å². The Morgan fingerprint density at radius 1 is 1.12 bits per heavy atom. The standard InChI is InChI=1S/C11H13NO4/c1-15-10(13)9(12-11(14)16-2)8-6-4-3-5-7-8/h3-7,9H,1-2H3,(H,12,14)/t9-/m1/s1. The van der Waals surface area contributed by atoms with Crippen LogP contribution in [0.25, 0.3) is 0 Å². The Balaban J connectivity index is 2.88. The van der Waals surface area contributed by atoms with Crippen molar-refractivity contribution in [2.75, 3.05) is 14.2 Å². The molecule has 0 saturated carbocycles. The highest BCUT2D eigenvalue weighted by Gasteiger charge is 2.23. The number of amides is 1. The molecule has 0 saturated heterocycles. The highest BCUT2D eigenvalue weighted by Crippen LogP contribution is 2.13. The molecule has 1 amide bonds. The fourth-order valence-corrected chi connectivity index (χ4v) is 1.22. The van der Waals surface area contributed by atoms with E-state index in [0.29, 0.717) is 5.56 Å². The Bertz CT molecular complexity index is 364.